The van der Waals surface area contributed by atoms with Crippen molar-refractivity contribution in [2.75, 3.05) is 32.6 Å². The molecule has 9 heteroatoms. The van der Waals surface area contributed by atoms with E-state index in [4.69, 9.17) is 14.5 Å². The second-order valence-electron chi connectivity index (χ2n) is 8.61. The van der Waals surface area contributed by atoms with E-state index in [2.05, 4.69) is 0 Å². The fraction of sp³-hybridized carbons (Fsp3) is 0.583. The van der Waals surface area contributed by atoms with E-state index in [1.165, 1.54) is 25.3 Å². The molecule has 1 aromatic heterocycles. The topological polar surface area (TPSA) is 90.7 Å². The fourth-order valence-electron chi connectivity index (χ4n) is 4.42. The summed E-state index contributed by atoms with van der Waals surface area (Å²) in [6.45, 7) is 2.67. The summed E-state index contributed by atoms with van der Waals surface area (Å²) >= 11 is 1.28. The number of esters is 1. The predicted molar refractivity (Wildman–Crippen MR) is 127 cm³/mol. The molecule has 2 aliphatic rings. The molecular formula is C24H31N3O5S. The lowest BCUT2D eigenvalue weighted by atomic mass is 10.1. The monoisotopic (exact) mass is 473 g/mol. The lowest BCUT2D eigenvalue weighted by Gasteiger charge is -2.25. The summed E-state index contributed by atoms with van der Waals surface area (Å²) in [6.07, 6.45) is 7.44. The van der Waals surface area contributed by atoms with Crippen LogP contribution >= 0.6 is 11.8 Å². The summed E-state index contributed by atoms with van der Waals surface area (Å²) in [5.41, 5.74) is 0.572. The standard InChI is InChI=1S/C24H31N3O5S/c1-31-23(30)17-9-10-19-20(14-17)25-24(27(22(19)29)15-18-8-7-13-32-18)33-16-21(28)26-11-5-3-2-4-6-12-26/h9-10,14,18H,2-8,11-13,15-16H2,1H3. The number of amides is 1. The normalized spacial score (nSPS) is 19.3. The van der Waals surface area contributed by atoms with Crippen molar-refractivity contribution in [3.63, 3.8) is 0 Å². The zero-order valence-electron chi connectivity index (χ0n) is 19.1. The van der Waals surface area contributed by atoms with Gasteiger partial charge in [0.25, 0.3) is 5.56 Å². The van der Waals surface area contributed by atoms with Crippen molar-refractivity contribution in [1.29, 1.82) is 0 Å². The van der Waals surface area contributed by atoms with Gasteiger partial charge in [-0.2, -0.15) is 0 Å². The van der Waals surface area contributed by atoms with Crippen LogP contribution < -0.4 is 5.56 Å². The number of likely N-dealkylation sites (tertiary alicyclic amines) is 1. The Labute approximate surface area is 197 Å². The third-order valence-corrected chi connectivity index (χ3v) is 7.25. The summed E-state index contributed by atoms with van der Waals surface area (Å²) in [6, 6.07) is 4.76. The molecule has 0 N–H and O–H groups in total. The number of hydrogen-bond donors (Lipinski definition) is 0. The minimum Gasteiger partial charge on any atom is -0.465 e. The molecule has 0 spiro atoms. The Morgan fingerprint density at radius 1 is 1.15 bits per heavy atom. The van der Waals surface area contributed by atoms with Gasteiger partial charge in [-0.1, -0.05) is 31.0 Å². The van der Waals surface area contributed by atoms with E-state index in [9.17, 15) is 14.4 Å². The molecule has 1 atom stereocenters. The Kier molecular flexibility index (Phi) is 8.03. The van der Waals surface area contributed by atoms with Crippen molar-refractivity contribution < 1.29 is 19.1 Å². The summed E-state index contributed by atoms with van der Waals surface area (Å²) in [7, 11) is 1.32. The third-order valence-electron chi connectivity index (χ3n) is 6.29. The first-order valence-corrected chi connectivity index (χ1v) is 12.7. The van der Waals surface area contributed by atoms with Gasteiger partial charge in [0, 0.05) is 19.7 Å². The van der Waals surface area contributed by atoms with E-state index in [1.54, 1.807) is 22.8 Å². The van der Waals surface area contributed by atoms with E-state index in [0.717, 1.165) is 51.6 Å². The molecule has 0 radical (unpaired) electrons. The number of carbonyl (C=O) groups excluding carboxylic acids is 2. The molecule has 8 nitrogen and oxygen atoms in total. The van der Waals surface area contributed by atoms with Gasteiger partial charge >= 0.3 is 5.97 Å². The van der Waals surface area contributed by atoms with Gasteiger partial charge in [-0.15, -0.1) is 0 Å². The molecule has 0 bridgehead atoms. The Bertz CT molecular complexity index is 1060. The average molecular weight is 474 g/mol. The molecule has 3 heterocycles. The summed E-state index contributed by atoms with van der Waals surface area (Å²) in [5, 5.41) is 0.908. The number of thioether (sulfide) groups is 1. The van der Waals surface area contributed by atoms with Crippen LogP contribution in [0.25, 0.3) is 10.9 Å². The Hall–Kier alpha value is -2.39. The maximum Gasteiger partial charge on any atom is 0.337 e. The van der Waals surface area contributed by atoms with Crippen LogP contribution in [-0.4, -0.2) is 65.0 Å². The van der Waals surface area contributed by atoms with Crippen LogP contribution in [0.5, 0.6) is 0 Å². The first kappa shape index (κ1) is 23.8. The number of benzene rings is 1. The zero-order chi connectivity index (χ0) is 23.2. The molecule has 1 aromatic carbocycles. The van der Waals surface area contributed by atoms with Crippen LogP contribution in [0.4, 0.5) is 0 Å². The molecule has 1 amide bonds. The van der Waals surface area contributed by atoms with E-state index in [-0.39, 0.29) is 23.3 Å². The molecular weight excluding hydrogens is 442 g/mol. The minimum atomic E-state index is -0.483. The number of nitrogens with zero attached hydrogens (tertiary/aromatic N) is 3. The van der Waals surface area contributed by atoms with E-state index >= 15 is 0 Å². The highest BCUT2D eigenvalue weighted by Crippen LogP contribution is 2.23. The van der Waals surface area contributed by atoms with Gasteiger partial charge in [0.2, 0.25) is 5.91 Å². The Morgan fingerprint density at radius 2 is 1.91 bits per heavy atom. The summed E-state index contributed by atoms with van der Waals surface area (Å²) in [5.74, 6) is -0.188. The lowest BCUT2D eigenvalue weighted by molar-refractivity contribution is -0.128. The van der Waals surface area contributed by atoms with Gasteiger partial charge in [-0.3, -0.25) is 14.2 Å². The van der Waals surface area contributed by atoms with E-state index in [0.29, 0.717) is 34.8 Å². The molecule has 4 rings (SSSR count). The second-order valence-corrected chi connectivity index (χ2v) is 9.55. The number of carbonyl (C=O) groups is 2. The van der Waals surface area contributed by atoms with Crippen LogP contribution in [0.2, 0.25) is 0 Å². The lowest BCUT2D eigenvalue weighted by Crippen LogP contribution is -2.35. The fourth-order valence-corrected chi connectivity index (χ4v) is 5.33. The zero-order valence-corrected chi connectivity index (χ0v) is 19.9. The van der Waals surface area contributed by atoms with E-state index < -0.39 is 5.97 Å². The smallest absolute Gasteiger partial charge is 0.337 e. The SMILES string of the molecule is COC(=O)c1ccc2c(=O)n(CC3CCCO3)c(SCC(=O)N3CCCCCCC3)nc2c1. The van der Waals surface area contributed by atoms with Crippen molar-refractivity contribution >= 4 is 34.5 Å². The number of fused-ring (bicyclic) bond motifs is 1. The second kappa shape index (κ2) is 11.2. The first-order chi connectivity index (χ1) is 16.1. The quantitative estimate of drug-likeness (QED) is 0.361. The molecule has 2 fully saturated rings. The average Bonchev–Trinajstić information content (AvgIpc) is 3.32. The third kappa shape index (κ3) is 5.76. The van der Waals surface area contributed by atoms with Crippen molar-refractivity contribution in [1.82, 2.24) is 14.5 Å². The highest BCUT2D eigenvalue weighted by Gasteiger charge is 2.22. The van der Waals surface area contributed by atoms with Gasteiger partial charge < -0.3 is 14.4 Å². The molecule has 178 valence electrons. The molecule has 2 aromatic rings. The van der Waals surface area contributed by atoms with Crippen LogP contribution in [0.3, 0.4) is 0 Å². The molecule has 2 saturated heterocycles. The predicted octanol–water partition coefficient (Wildman–Crippen LogP) is 3.25. The molecule has 1 unspecified atom stereocenters. The van der Waals surface area contributed by atoms with Crippen molar-refractivity contribution in [2.24, 2.45) is 0 Å². The van der Waals surface area contributed by atoms with Crippen molar-refractivity contribution in [3.8, 4) is 0 Å². The number of methoxy groups -OCH3 is 1. The summed E-state index contributed by atoms with van der Waals surface area (Å²) < 4.78 is 12.2. The number of ether oxygens (including phenoxy) is 2. The van der Waals surface area contributed by atoms with Crippen LogP contribution in [-0.2, 0) is 20.8 Å². The van der Waals surface area contributed by atoms with Gasteiger partial charge in [-0.25, -0.2) is 9.78 Å². The Balaban J connectivity index is 1.61. The number of aromatic nitrogens is 2. The number of hydrogen-bond acceptors (Lipinski definition) is 7. The van der Waals surface area contributed by atoms with E-state index in [1.807, 2.05) is 4.90 Å². The molecule has 0 saturated carbocycles. The van der Waals surface area contributed by atoms with Crippen molar-refractivity contribution in [2.45, 2.75) is 62.8 Å². The molecule has 2 aliphatic heterocycles. The largest absolute Gasteiger partial charge is 0.465 e. The molecule has 0 aliphatic carbocycles. The highest BCUT2D eigenvalue weighted by molar-refractivity contribution is 7.99. The Morgan fingerprint density at radius 3 is 2.61 bits per heavy atom. The van der Waals surface area contributed by atoms with Crippen LogP contribution in [0.15, 0.2) is 28.2 Å². The van der Waals surface area contributed by atoms with Gasteiger partial charge in [0.15, 0.2) is 5.16 Å². The maximum atomic E-state index is 13.4. The van der Waals surface area contributed by atoms with Crippen LogP contribution in [0, 0.1) is 0 Å². The molecule has 33 heavy (non-hydrogen) atoms. The van der Waals surface area contributed by atoms with Crippen LogP contribution in [0.1, 0.15) is 55.3 Å². The van der Waals surface area contributed by atoms with Gasteiger partial charge in [0.05, 0.1) is 42.0 Å². The highest BCUT2D eigenvalue weighted by atomic mass is 32.2. The maximum absolute atomic E-state index is 13.4. The number of rotatable bonds is 6. The van der Waals surface area contributed by atoms with Gasteiger partial charge in [0.1, 0.15) is 0 Å². The summed E-state index contributed by atoms with van der Waals surface area (Å²) in [4.78, 5) is 44.9. The first-order valence-electron chi connectivity index (χ1n) is 11.7. The van der Waals surface area contributed by atoms with Crippen molar-refractivity contribution in [3.05, 3.63) is 34.1 Å². The minimum absolute atomic E-state index is 0.0410. The van der Waals surface area contributed by atoms with Gasteiger partial charge in [-0.05, 0) is 43.9 Å².